The summed E-state index contributed by atoms with van der Waals surface area (Å²) in [7, 11) is 2.00. The van der Waals surface area contributed by atoms with Crippen LogP contribution in [0.1, 0.15) is 27.9 Å². The zero-order valence-corrected chi connectivity index (χ0v) is 11.6. The SMILES string of the molecule is CC(=O)c1nc(N(C)Cc2ccccc2)sc1C. The van der Waals surface area contributed by atoms with Crippen molar-refractivity contribution in [2.24, 2.45) is 0 Å². The van der Waals surface area contributed by atoms with Crippen molar-refractivity contribution < 1.29 is 4.79 Å². The Morgan fingerprint density at radius 3 is 2.56 bits per heavy atom. The highest BCUT2D eigenvalue weighted by Crippen LogP contribution is 2.26. The van der Waals surface area contributed by atoms with Crippen LogP contribution in [0.5, 0.6) is 0 Å². The molecule has 0 fully saturated rings. The molecule has 0 N–H and O–H groups in total. The highest BCUT2D eigenvalue weighted by Gasteiger charge is 2.14. The third kappa shape index (κ3) is 2.76. The lowest BCUT2D eigenvalue weighted by Crippen LogP contribution is -2.16. The summed E-state index contributed by atoms with van der Waals surface area (Å²) >= 11 is 1.56. The maximum Gasteiger partial charge on any atom is 0.186 e. The average molecular weight is 260 g/mol. The molecule has 0 saturated carbocycles. The minimum atomic E-state index is 0.0307. The summed E-state index contributed by atoms with van der Waals surface area (Å²) in [6.45, 7) is 4.29. The fourth-order valence-corrected chi connectivity index (χ4v) is 2.71. The van der Waals surface area contributed by atoms with Gasteiger partial charge >= 0.3 is 0 Å². The van der Waals surface area contributed by atoms with Gasteiger partial charge in [-0.1, -0.05) is 30.3 Å². The van der Waals surface area contributed by atoms with E-state index >= 15 is 0 Å². The molecule has 0 amide bonds. The Balaban J connectivity index is 2.17. The number of hydrogen-bond acceptors (Lipinski definition) is 4. The molecule has 0 saturated heterocycles. The maximum absolute atomic E-state index is 11.4. The van der Waals surface area contributed by atoms with E-state index in [0.29, 0.717) is 5.69 Å². The lowest BCUT2D eigenvalue weighted by atomic mass is 10.2. The van der Waals surface area contributed by atoms with Crippen LogP contribution in [-0.2, 0) is 6.54 Å². The van der Waals surface area contributed by atoms with Gasteiger partial charge in [-0.15, -0.1) is 11.3 Å². The van der Waals surface area contributed by atoms with Gasteiger partial charge in [-0.25, -0.2) is 4.98 Å². The molecule has 2 aromatic rings. The monoisotopic (exact) mass is 260 g/mol. The van der Waals surface area contributed by atoms with Crippen LogP contribution in [0.3, 0.4) is 0 Å². The molecule has 3 nitrogen and oxygen atoms in total. The molecular weight excluding hydrogens is 244 g/mol. The number of Topliss-reactive ketones (excluding diaryl/α,β-unsaturated/α-hetero) is 1. The molecule has 0 aliphatic carbocycles. The van der Waals surface area contributed by atoms with Crippen LogP contribution in [0.4, 0.5) is 5.13 Å². The van der Waals surface area contributed by atoms with E-state index in [-0.39, 0.29) is 5.78 Å². The summed E-state index contributed by atoms with van der Waals surface area (Å²) in [6, 6.07) is 10.2. The van der Waals surface area contributed by atoms with Crippen LogP contribution in [0.25, 0.3) is 0 Å². The Labute approximate surface area is 111 Å². The molecule has 18 heavy (non-hydrogen) atoms. The van der Waals surface area contributed by atoms with Crippen LogP contribution >= 0.6 is 11.3 Å². The Morgan fingerprint density at radius 2 is 2.00 bits per heavy atom. The first kappa shape index (κ1) is 12.8. The summed E-state index contributed by atoms with van der Waals surface area (Å²) < 4.78 is 0. The number of hydrogen-bond donors (Lipinski definition) is 0. The van der Waals surface area contributed by atoms with E-state index < -0.39 is 0 Å². The van der Waals surface area contributed by atoms with Gasteiger partial charge in [0.2, 0.25) is 0 Å². The van der Waals surface area contributed by atoms with Crippen LogP contribution in [0, 0.1) is 6.92 Å². The van der Waals surface area contributed by atoms with Gasteiger partial charge in [0.25, 0.3) is 0 Å². The number of rotatable bonds is 4. The fourth-order valence-electron chi connectivity index (χ4n) is 1.80. The molecule has 1 heterocycles. The van der Waals surface area contributed by atoms with Gasteiger partial charge in [0.1, 0.15) is 5.69 Å². The van der Waals surface area contributed by atoms with Crippen LogP contribution in [-0.4, -0.2) is 17.8 Å². The highest BCUT2D eigenvalue weighted by atomic mass is 32.1. The van der Waals surface area contributed by atoms with E-state index in [1.165, 1.54) is 5.56 Å². The van der Waals surface area contributed by atoms with Crippen LogP contribution in [0.15, 0.2) is 30.3 Å². The lowest BCUT2D eigenvalue weighted by Gasteiger charge is -2.15. The lowest BCUT2D eigenvalue weighted by molar-refractivity contribution is 0.101. The highest BCUT2D eigenvalue weighted by molar-refractivity contribution is 7.15. The van der Waals surface area contributed by atoms with Crippen LogP contribution < -0.4 is 4.90 Å². The van der Waals surface area contributed by atoms with Crippen molar-refractivity contribution in [1.82, 2.24) is 4.98 Å². The van der Waals surface area contributed by atoms with E-state index in [9.17, 15) is 4.79 Å². The van der Waals surface area contributed by atoms with E-state index in [1.54, 1.807) is 18.3 Å². The number of carbonyl (C=O) groups is 1. The normalized spacial score (nSPS) is 10.4. The third-order valence-electron chi connectivity index (χ3n) is 2.71. The zero-order valence-electron chi connectivity index (χ0n) is 10.8. The first-order valence-electron chi connectivity index (χ1n) is 5.81. The quantitative estimate of drug-likeness (QED) is 0.791. The second kappa shape index (κ2) is 5.31. The van der Waals surface area contributed by atoms with Gasteiger partial charge < -0.3 is 4.90 Å². The molecule has 0 bridgehead atoms. The molecule has 0 atom stereocenters. The van der Waals surface area contributed by atoms with Crippen molar-refractivity contribution in [2.45, 2.75) is 20.4 Å². The number of thiazole rings is 1. The van der Waals surface area contributed by atoms with Gasteiger partial charge in [-0.05, 0) is 12.5 Å². The molecule has 0 aliphatic heterocycles. The summed E-state index contributed by atoms with van der Waals surface area (Å²) in [5.74, 6) is 0.0307. The number of aromatic nitrogens is 1. The minimum Gasteiger partial charge on any atom is -0.347 e. The van der Waals surface area contributed by atoms with Gasteiger partial charge in [-0.3, -0.25) is 4.79 Å². The molecule has 4 heteroatoms. The van der Waals surface area contributed by atoms with Crippen LogP contribution in [0.2, 0.25) is 0 Å². The van der Waals surface area contributed by atoms with Gasteiger partial charge in [-0.2, -0.15) is 0 Å². The molecular formula is C14H16N2OS. The number of nitrogens with zero attached hydrogens (tertiary/aromatic N) is 2. The third-order valence-corrected chi connectivity index (χ3v) is 3.79. The smallest absolute Gasteiger partial charge is 0.186 e. The van der Waals surface area contributed by atoms with E-state index in [1.807, 2.05) is 32.2 Å². The predicted octanol–water partition coefficient (Wildman–Crippen LogP) is 3.29. The second-order valence-electron chi connectivity index (χ2n) is 4.30. The minimum absolute atomic E-state index is 0.0307. The van der Waals surface area contributed by atoms with E-state index in [4.69, 9.17) is 0 Å². The number of benzene rings is 1. The Bertz CT molecular complexity index is 548. The van der Waals surface area contributed by atoms with Gasteiger partial charge in [0.15, 0.2) is 10.9 Å². The predicted molar refractivity (Wildman–Crippen MR) is 75.4 cm³/mol. The molecule has 0 aliphatic rings. The largest absolute Gasteiger partial charge is 0.347 e. The van der Waals surface area contributed by atoms with Gasteiger partial charge in [0.05, 0.1) is 0 Å². The molecule has 0 unspecified atom stereocenters. The average Bonchev–Trinajstić information content (AvgIpc) is 2.73. The number of anilines is 1. The zero-order chi connectivity index (χ0) is 13.1. The number of ketones is 1. The molecule has 1 aromatic heterocycles. The van der Waals surface area contributed by atoms with Crippen molar-refractivity contribution in [3.05, 3.63) is 46.5 Å². The van der Waals surface area contributed by atoms with E-state index in [2.05, 4.69) is 22.0 Å². The molecule has 0 spiro atoms. The van der Waals surface area contributed by atoms with Crippen molar-refractivity contribution in [3.63, 3.8) is 0 Å². The summed E-state index contributed by atoms with van der Waals surface area (Å²) in [5.41, 5.74) is 1.83. The maximum atomic E-state index is 11.4. The van der Waals surface area contributed by atoms with Crippen molar-refractivity contribution in [2.75, 3.05) is 11.9 Å². The Morgan fingerprint density at radius 1 is 1.33 bits per heavy atom. The Kier molecular flexibility index (Phi) is 3.77. The van der Waals surface area contributed by atoms with Crippen molar-refractivity contribution >= 4 is 22.3 Å². The standard InChI is InChI=1S/C14H16N2OS/c1-10(17)13-11(2)18-14(15-13)16(3)9-12-7-5-4-6-8-12/h4-8H,9H2,1-3H3. The first-order chi connectivity index (χ1) is 8.58. The first-order valence-corrected chi connectivity index (χ1v) is 6.63. The molecule has 0 radical (unpaired) electrons. The molecule has 1 aromatic carbocycles. The van der Waals surface area contributed by atoms with Crippen molar-refractivity contribution in [1.29, 1.82) is 0 Å². The topological polar surface area (TPSA) is 33.2 Å². The van der Waals surface area contributed by atoms with Gasteiger partial charge in [0, 0.05) is 25.4 Å². The molecule has 94 valence electrons. The van der Waals surface area contributed by atoms with Crippen molar-refractivity contribution in [3.8, 4) is 0 Å². The Hall–Kier alpha value is -1.68. The second-order valence-corrected chi connectivity index (χ2v) is 5.48. The summed E-state index contributed by atoms with van der Waals surface area (Å²) in [6.07, 6.45) is 0. The molecule has 2 rings (SSSR count). The summed E-state index contributed by atoms with van der Waals surface area (Å²) in [4.78, 5) is 18.8. The number of carbonyl (C=O) groups excluding carboxylic acids is 1. The fraction of sp³-hybridized carbons (Fsp3) is 0.286. The number of aryl methyl sites for hydroxylation is 1. The summed E-state index contributed by atoms with van der Waals surface area (Å²) in [5, 5.41) is 0.890. The van der Waals surface area contributed by atoms with E-state index in [0.717, 1.165) is 16.6 Å².